The van der Waals surface area contributed by atoms with E-state index in [-0.39, 0.29) is 0 Å². The van der Waals surface area contributed by atoms with E-state index in [0.717, 1.165) is 27.6 Å². The summed E-state index contributed by atoms with van der Waals surface area (Å²) in [4.78, 5) is 29.2. The van der Waals surface area contributed by atoms with Crippen LogP contribution in [0.15, 0.2) is 85.1 Å². The molecule has 0 aliphatic heterocycles. The van der Waals surface area contributed by atoms with Gasteiger partial charge in [-0.1, -0.05) is 48.5 Å². The van der Waals surface area contributed by atoms with Gasteiger partial charge < -0.3 is 10.6 Å². The van der Waals surface area contributed by atoms with E-state index in [0.29, 0.717) is 17.8 Å². The molecule has 0 aliphatic carbocycles. The van der Waals surface area contributed by atoms with Gasteiger partial charge in [0.1, 0.15) is 0 Å². The van der Waals surface area contributed by atoms with Crippen LogP contribution in [-0.4, -0.2) is 16.8 Å². The van der Waals surface area contributed by atoms with E-state index in [2.05, 4.69) is 15.6 Å². The molecular formula is C25H21N3O2. The zero-order valence-corrected chi connectivity index (χ0v) is 16.6. The number of hydrogen-bond donors (Lipinski definition) is 2. The topological polar surface area (TPSA) is 71.1 Å². The summed E-state index contributed by atoms with van der Waals surface area (Å²) in [5.41, 5.74) is 4.01. The zero-order chi connectivity index (χ0) is 20.9. The van der Waals surface area contributed by atoms with Crippen molar-refractivity contribution in [2.24, 2.45) is 0 Å². The SMILES string of the molecule is Cc1ccc(Cc2ccccn2)cc1NC(=O)C(=O)Nc1ccc2ccccc2c1. The van der Waals surface area contributed by atoms with Gasteiger partial charge in [0.25, 0.3) is 0 Å². The second-order valence-electron chi connectivity index (χ2n) is 7.12. The van der Waals surface area contributed by atoms with Gasteiger partial charge in [0.15, 0.2) is 0 Å². The van der Waals surface area contributed by atoms with Gasteiger partial charge in [-0.15, -0.1) is 0 Å². The second kappa shape index (κ2) is 8.57. The number of aryl methyl sites for hydroxylation is 1. The molecule has 4 rings (SSSR count). The summed E-state index contributed by atoms with van der Waals surface area (Å²) in [6.07, 6.45) is 2.40. The first-order chi connectivity index (χ1) is 14.6. The molecule has 30 heavy (non-hydrogen) atoms. The minimum atomic E-state index is -0.709. The predicted molar refractivity (Wildman–Crippen MR) is 119 cm³/mol. The van der Waals surface area contributed by atoms with Crippen molar-refractivity contribution in [3.63, 3.8) is 0 Å². The highest BCUT2D eigenvalue weighted by molar-refractivity contribution is 6.43. The number of carbonyl (C=O) groups is 2. The number of nitrogens with one attached hydrogen (secondary N) is 2. The summed E-state index contributed by atoms with van der Waals surface area (Å²) >= 11 is 0. The molecular weight excluding hydrogens is 374 g/mol. The molecule has 5 nitrogen and oxygen atoms in total. The van der Waals surface area contributed by atoms with Gasteiger partial charge in [0.2, 0.25) is 0 Å². The molecule has 0 fully saturated rings. The Morgan fingerprint density at radius 3 is 2.37 bits per heavy atom. The number of aromatic nitrogens is 1. The molecule has 2 N–H and O–H groups in total. The standard InChI is InChI=1S/C25H21N3O2/c1-17-9-10-18(14-21-8-4-5-13-26-21)15-23(17)28-25(30)24(29)27-22-12-11-19-6-2-3-7-20(19)16-22/h2-13,15-16H,14H2,1H3,(H,27,29)(H,28,30). The molecule has 0 atom stereocenters. The average molecular weight is 395 g/mol. The number of carbonyl (C=O) groups excluding carboxylic acids is 2. The fourth-order valence-corrected chi connectivity index (χ4v) is 3.26. The first-order valence-corrected chi connectivity index (χ1v) is 9.69. The molecule has 0 spiro atoms. The first kappa shape index (κ1) is 19.3. The Morgan fingerprint density at radius 1 is 0.800 bits per heavy atom. The van der Waals surface area contributed by atoms with Crippen molar-refractivity contribution in [1.82, 2.24) is 4.98 Å². The minimum absolute atomic E-state index is 0.578. The van der Waals surface area contributed by atoms with Crippen molar-refractivity contribution in [3.8, 4) is 0 Å². The minimum Gasteiger partial charge on any atom is -0.318 e. The molecule has 0 saturated carbocycles. The molecule has 2 amide bonds. The largest absolute Gasteiger partial charge is 0.318 e. The van der Waals surface area contributed by atoms with Crippen LogP contribution >= 0.6 is 0 Å². The Hall–Kier alpha value is -3.99. The highest BCUT2D eigenvalue weighted by atomic mass is 16.2. The van der Waals surface area contributed by atoms with Gasteiger partial charge in [0.05, 0.1) is 0 Å². The highest BCUT2D eigenvalue weighted by Crippen LogP contribution is 2.20. The number of nitrogens with zero attached hydrogens (tertiary/aromatic N) is 1. The lowest BCUT2D eigenvalue weighted by atomic mass is 10.1. The third-order valence-corrected chi connectivity index (χ3v) is 4.88. The summed E-state index contributed by atoms with van der Waals surface area (Å²) < 4.78 is 0. The van der Waals surface area contributed by atoms with Gasteiger partial charge in [-0.05, 0) is 59.2 Å². The van der Waals surface area contributed by atoms with Crippen LogP contribution in [0.3, 0.4) is 0 Å². The molecule has 1 aromatic heterocycles. The maximum absolute atomic E-state index is 12.5. The van der Waals surface area contributed by atoms with E-state index < -0.39 is 11.8 Å². The van der Waals surface area contributed by atoms with Crippen LogP contribution in [0.1, 0.15) is 16.8 Å². The molecule has 0 unspecified atom stereocenters. The summed E-state index contributed by atoms with van der Waals surface area (Å²) in [5, 5.41) is 7.45. The van der Waals surface area contributed by atoms with Crippen molar-refractivity contribution in [3.05, 3.63) is 102 Å². The molecule has 0 radical (unpaired) electrons. The lowest BCUT2D eigenvalue weighted by Crippen LogP contribution is -2.29. The lowest BCUT2D eigenvalue weighted by Gasteiger charge is -2.11. The van der Waals surface area contributed by atoms with Crippen LogP contribution in [0.25, 0.3) is 10.8 Å². The van der Waals surface area contributed by atoms with E-state index in [4.69, 9.17) is 0 Å². The average Bonchev–Trinajstić information content (AvgIpc) is 2.76. The van der Waals surface area contributed by atoms with Gasteiger partial charge >= 0.3 is 11.8 Å². The van der Waals surface area contributed by atoms with Crippen molar-refractivity contribution in [1.29, 1.82) is 0 Å². The number of rotatable bonds is 4. The number of benzene rings is 3. The first-order valence-electron chi connectivity index (χ1n) is 9.69. The fourth-order valence-electron chi connectivity index (χ4n) is 3.26. The number of amides is 2. The maximum atomic E-state index is 12.5. The molecule has 1 heterocycles. The quantitative estimate of drug-likeness (QED) is 0.492. The summed E-state index contributed by atoms with van der Waals surface area (Å²) in [6, 6.07) is 25.0. The van der Waals surface area contributed by atoms with E-state index in [1.807, 2.05) is 79.7 Å². The Morgan fingerprint density at radius 2 is 1.57 bits per heavy atom. The molecule has 0 saturated heterocycles. The van der Waals surface area contributed by atoms with Gasteiger partial charge in [-0.3, -0.25) is 14.6 Å². The van der Waals surface area contributed by atoms with Crippen molar-refractivity contribution < 1.29 is 9.59 Å². The predicted octanol–water partition coefficient (Wildman–Crippen LogP) is 4.71. The van der Waals surface area contributed by atoms with Crippen LogP contribution in [0.5, 0.6) is 0 Å². The molecule has 5 heteroatoms. The Bertz CT molecular complexity index is 1220. The molecule has 148 valence electrons. The van der Waals surface area contributed by atoms with Crippen LogP contribution in [0.2, 0.25) is 0 Å². The Balaban J connectivity index is 1.45. The van der Waals surface area contributed by atoms with E-state index in [1.54, 1.807) is 12.3 Å². The van der Waals surface area contributed by atoms with Crippen LogP contribution in [-0.2, 0) is 16.0 Å². The van der Waals surface area contributed by atoms with E-state index in [1.165, 1.54) is 0 Å². The number of pyridine rings is 1. The van der Waals surface area contributed by atoms with E-state index >= 15 is 0 Å². The van der Waals surface area contributed by atoms with Gasteiger partial charge in [0, 0.05) is 29.7 Å². The van der Waals surface area contributed by atoms with Crippen molar-refractivity contribution >= 4 is 34.0 Å². The summed E-state index contributed by atoms with van der Waals surface area (Å²) in [5.74, 6) is -1.42. The van der Waals surface area contributed by atoms with E-state index in [9.17, 15) is 9.59 Å². The number of fused-ring (bicyclic) bond motifs is 1. The lowest BCUT2D eigenvalue weighted by molar-refractivity contribution is -0.133. The van der Waals surface area contributed by atoms with Crippen LogP contribution in [0.4, 0.5) is 11.4 Å². The van der Waals surface area contributed by atoms with Gasteiger partial charge in [-0.25, -0.2) is 0 Å². The summed E-state index contributed by atoms with van der Waals surface area (Å²) in [7, 11) is 0. The van der Waals surface area contributed by atoms with Crippen LogP contribution < -0.4 is 10.6 Å². The van der Waals surface area contributed by atoms with Crippen molar-refractivity contribution in [2.75, 3.05) is 10.6 Å². The smallest absolute Gasteiger partial charge is 0.314 e. The second-order valence-corrected chi connectivity index (χ2v) is 7.12. The molecule has 3 aromatic carbocycles. The van der Waals surface area contributed by atoms with Gasteiger partial charge in [-0.2, -0.15) is 0 Å². The Labute approximate surface area is 174 Å². The molecule has 0 bridgehead atoms. The molecule has 4 aromatic rings. The summed E-state index contributed by atoms with van der Waals surface area (Å²) in [6.45, 7) is 1.89. The zero-order valence-electron chi connectivity index (χ0n) is 16.6. The number of hydrogen-bond acceptors (Lipinski definition) is 3. The molecule has 0 aliphatic rings. The highest BCUT2D eigenvalue weighted by Gasteiger charge is 2.15. The third-order valence-electron chi connectivity index (χ3n) is 4.88. The monoisotopic (exact) mass is 395 g/mol. The van der Waals surface area contributed by atoms with Crippen LogP contribution in [0, 0.1) is 6.92 Å². The third kappa shape index (κ3) is 4.52. The van der Waals surface area contributed by atoms with Crippen molar-refractivity contribution in [2.45, 2.75) is 13.3 Å². The fraction of sp³-hybridized carbons (Fsp3) is 0.0800. The normalized spacial score (nSPS) is 10.6. The maximum Gasteiger partial charge on any atom is 0.314 e. The Kier molecular flexibility index (Phi) is 5.52. The number of anilines is 2.